The van der Waals surface area contributed by atoms with E-state index in [4.69, 9.17) is 4.74 Å². The quantitative estimate of drug-likeness (QED) is 0.728. The van der Waals surface area contributed by atoms with E-state index in [1.165, 1.54) is 19.2 Å². The van der Waals surface area contributed by atoms with Crippen LogP contribution in [0.1, 0.15) is 26.3 Å². The highest BCUT2D eigenvalue weighted by atomic mass is 32.2. The van der Waals surface area contributed by atoms with Crippen LogP contribution in [0, 0.1) is 6.92 Å². The average molecular weight is 432 g/mol. The normalized spacial score (nSPS) is 15.0. The fourth-order valence-corrected chi connectivity index (χ4v) is 4.27. The van der Waals surface area contributed by atoms with Crippen LogP contribution in [0.4, 0.5) is 5.69 Å². The summed E-state index contributed by atoms with van der Waals surface area (Å²) in [7, 11) is -0.652. The molecule has 0 unspecified atom stereocenters. The molecule has 1 aliphatic rings. The molecule has 8 nitrogen and oxygen atoms in total. The molecule has 2 aromatic rings. The average Bonchev–Trinajstić information content (AvgIpc) is 2.73. The van der Waals surface area contributed by atoms with Gasteiger partial charge >= 0.3 is 5.97 Å². The number of esters is 1. The third kappa shape index (κ3) is 4.80. The summed E-state index contributed by atoms with van der Waals surface area (Å²) in [6.45, 7) is 4.69. The van der Waals surface area contributed by atoms with Crippen molar-refractivity contribution in [3.8, 4) is 0 Å². The van der Waals surface area contributed by atoms with Gasteiger partial charge in [0.05, 0.1) is 17.6 Å². The van der Waals surface area contributed by atoms with E-state index < -0.39 is 16.0 Å². The molecule has 0 saturated carbocycles. The summed E-state index contributed by atoms with van der Waals surface area (Å²) in [6.07, 6.45) is 0. The van der Waals surface area contributed by atoms with Crippen molar-refractivity contribution >= 4 is 27.6 Å². The van der Waals surface area contributed by atoms with Crippen molar-refractivity contribution in [3.63, 3.8) is 0 Å². The molecule has 0 atom stereocenters. The van der Waals surface area contributed by atoms with Crippen molar-refractivity contribution in [2.75, 3.05) is 45.1 Å². The van der Waals surface area contributed by atoms with Gasteiger partial charge in [-0.1, -0.05) is 6.07 Å². The number of anilines is 1. The lowest BCUT2D eigenvalue weighted by Crippen LogP contribution is -2.47. The number of amides is 1. The highest BCUT2D eigenvalue weighted by Gasteiger charge is 2.21. The standard InChI is InChI=1S/C21H25N3O5S/c1-15-4-9-18(14-19(15)21(26)29-3)30(27,28)22-17-7-5-16(6-8-17)20(25)24-12-10-23(2)11-13-24/h4-9,14,22H,10-13H2,1-3H3. The Hall–Kier alpha value is -2.91. The molecule has 9 heteroatoms. The lowest BCUT2D eigenvalue weighted by Gasteiger charge is -2.32. The molecular formula is C21H25N3O5S. The van der Waals surface area contributed by atoms with Crippen LogP contribution < -0.4 is 4.72 Å². The Labute approximate surface area is 176 Å². The third-order valence-electron chi connectivity index (χ3n) is 5.10. The first-order valence-electron chi connectivity index (χ1n) is 9.51. The molecule has 1 heterocycles. The van der Waals surface area contributed by atoms with Crippen LogP contribution in [0.2, 0.25) is 0 Å². The number of carbonyl (C=O) groups excluding carboxylic acids is 2. The SMILES string of the molecule is COC(=O)c1cc(S(=O)(=O)Nc2ccc(C(=O)N3CCN(C)CC3)cc2)ccc1C. The van der Waals surface area contributed by atoms with Crippen molar-refractivity contribution < 1.29 is 22.7 Å². The summed E-state index contributed by atoms with van der Waals surface area (Å²) >= 11 is 0. The molecule has 3 rings (SSSR count). The molecular weight excluding hydrogens is 406 g/mol. The summed E-state index contributed by atoms with van der Waals surface area (Å²) < 4.78 is 32.6. The summed E-state index contributed by atoms with van der Waals surface area (Å²) in [4.78, 5) is 28.4. The number of nitrogens with zero attached hydrogens (tertiary/aromatic N) is 2. The van der Waals surface area contributed by atoms with Crippen LogP contribution in [-0.2, 0) is 14.8 Å². The number of hydrogen-bond acceptors (Lipinski definition) is 6. The monoisotopic (exact) mass is 431 g/mol. The van der Waals surface area contributed by atoms with E-state index in [-0.39, 0.29) is 16.4 Å². The number of rotatable bonds is 5. The van der Waals surface area contributed by atoms with Gasteiger partial charge in [-0.3, -0.25) is 9.52 Å². The number of piperazine rings is 1. The van der Waals surface area contributed by atoms with Crippen molar-refractivity contribution in [1.29, 1.82) is 0 Å². The van der Waals surface area contributed by atoms with Crippen molar-refractivity contribution in [3.05, 3.63) is 59.2 Å². The lowest BCUT2D eigenvalue weighted by molar-refractivity contribution is 0.0598. The fraction of sp³-hybridized carbons (Fsp3) is 0.333. The van der Waals surface area contributed by atoms with Crippen molar-refractivity contribution in [2.45, 2.75) is 11.8 Å². The number of methoxy groups -OCH3 is 1. The highest BCUT2D eigenvalue weighted by Crippen LogP contribution is 2.21. The van der Waals surface area contributed by atoms with Gasteiger partial charge in [0.25, 0.3) is 15.9 Å². The maximum Gasteiger partial charge on any atom is 0.338 e. The smallest absolute Gasteiger partial charge is 0.338 e. The molecule has 1 aliphatic heterocycles. The first kappa shape index (κ1) is 21.8. The Morgan fingerprint density at radius 1 is 1.00 bits per heavy atom. The Morgan fingerprint density at radius 3 is 2.23 bits per heavy atom. The zero-order valence-electron chi connectivity index (χ0n) is 17.2. The van der Waals surface area contributed by atoms with Gasteiger partial charge in [-0.05, 0) is 55.9 Å². The molecule has 30 heavy (non-hydrogen) atoms. The van der Waals surface area contributed by atoms with E-state index in [0.29, 0.717) is 29.9 Å². The van der Waals surface area contributed by atoms with Crippen molar-refractivity contribution in [1.82, 2.24) is 9.80 Å². The molecule has 0 spiro atoms. The van der Waals surface area contributed by atoms with Crippen molar-refractivity contribution in [2.24, 2.45) is 0 Å². The predicted octanol–water partition coefficient (Wildman–Crippen LogP) is 1.97. The van der Waals surface area contributed by atoms with Gasteiger partial charge in [-0.25, -0.2) is 13.2 Å². The lowest BCUT2D eigenvalue weighted by atomic mass is 10.1. The maximum absolute atomic E-state index is 12.7. The van der Waals surface area contributed by atoms with Crippen LogP contribution in [0.15, 0.2) is 47.4 Å². The minimum Gasteiger partial charge on any atom is -0.465 e. The number of sulfonamides is 1. The molecule has 2 aromatic carbocycles. The summed E-state index contributed by atoms with van der Waals surface area (Å²) in [5.41, 5.74) is 1.64. The Morgan fingerprint density at radius 2 is 1.63 bits per heavy atom. The molecule has 160 valence electrons. The molecule has 0 aliphatic carbocycles. The number of hydrogen-bond donors (Lipinski definition) is 1. The Kier molecular flexibility index (Phi) is 6.42. The Balaban J connectivity index is 1.75. The largest absolute Gasteiger partial charge is 0.465 e. The number of aryl methyl sites for hydroxylation is 1. The minimum atomic E-state index is -3.91. The van der Waals surface area contributed by atoms with E-state index >= 15 is 0 Å². The first-order valence-corrected chi connectivity index (χ1v) is 11.0. The highest BCUT2D eigenvalue weighted by molar-refractivity contribution is 7.92. The number of nitrogens with one attached hydrogen (secondary N) is 1. The zero-order chi connectivity index (χ0) is 21.9. The van der Waals surface area contributed by atoms with Crippen LogP contribution >= 0.6 is 0 Å². The zero-order valence-corrected chi connectivity index (χ0v) is 18.0. The van der Waals surface area contributed by atoms with Crippen LogP contribution in [0.5, 0.6) is 0 Å². The van der Waals surface area contributed by atoms with Crippen LogP contribution in [0.3, 0.4) is 0 Å². The second kappa shape index (κ2) is 8.85. The van der Waals surface area contributed by atoms with Crippen LogP contribution in [0.25, 0.3) is 0 Å². The first-order chi connectivity index (χ1) is 14.2. The van der Waals surface area contributed by atoms with Gasteiger partial charge in [-0.15, -0.1) is 0 Å². The van der Waals surface area contributed by atoms with Gasteiger partial charge in [0.15, 0.2) is 0 Å². The predicted molar refractivity (Wildman–Crippen MR) is 113 cm³/mol. The van der Waals surface area contributed by atoms with Gasteiger partial charge in [0, 0.05) is 37.4 Å². The van der Waals surface area contributed by atoms with Gasteiger partial charge < -0.3 is 14.5 Å². The molecule has 0 aromatic heterocycles. The van der Waals surface area contributed by atoms with E-state index in [2.05, 4.69) is 9.62 Å². The topological polar surface area (TPSA) is 96.0 Å². The number of carbonyl (C=O) groups is 2. The summed E-state index contributed by atoms with van der Waals surface area (Å²) in [5.74, 6) is -0.671. The van der Waals surface area contributed by atoms with E-state index in [0.717, 1.165) is 13.1 Å². The van der Waals surface area contributed by atoms with Gasteiger partial charge in [0.1, 0.15) is 0 Å². The Bertz CT molecular complexity index is 1040. The second-order valence-electron chi connectivity index (χ2n) is 7.25. The molecule has 1 amide bonds. The second-order valence-corrected chi connectivity index (χ2v) is 8.93. The van der Waals surface area contributed by atoms with E-state index in [9.17, 15) is 18.0 Å². The maximum atomic E-state index is 12.7. The van der Waals surface area contributed by atoms with E-state index in [1.807, 2.05) is 7.05 Å². The molecule has 1 N–H and O–H groups in total. The number of benzene rings is 2. The van der Waals surface area contributed by atoms with Gasteiger partial charge in [-0.2, -0.15) is 0 Å². The molecule has 0 radical (unpaired) electrons. The van der Waals surface area contributed by atoms with Gasteiger partial charge in [0.2, 0.25) is 0 Å². The number of ether oxygens (including phenoxy) is 1. The van der Waals surface area contributed by atoms with Crippen LogP contribution in [-0.4, -0.2) is 70.4 Å². The molecule has 1 fully saturated rings. The van der Waals surface area contributed by atoms with E-state index in [1.54, 1.807) is 42.2 Å². The molecule has 1 saturated heterocycles. The fourth-order valence-electron chi connectivity index (χ4n) is 3.19. The summed E-state index contributed by atoms with van der Waals surface area (Å²) in [5, 5.41) is 0. The minimum absolute atomic E-state index is 0.0499. The third-order valence-corrected chi connectivity index (χ3v) is 6.48. The molecule has 0 bridgehead atoms. The summed E-state index contributed by atoms with van der Waals surface area (Å²) in [6, 6.07) is 10.6. The number of likely N-dealkylation sites (N-methyl/N-ethyl adjacent to an activating group) is 1.